The maximum atomic E-state index is 12.5. The molecule has 0 unspecified atom stereocenters. The maximum absolute atomic E-state index is 12.5. The Bertz CT molecular complexity index is 1210. The molecule has 0 radical (unpaired) electrons. The van der Waals surface area contributed by atoms with Crippen LogP contribution < -0.4 is 10.9 Å². The molecule has 7 nitrogen and oxygen atoms in total. The molecule has 3 heterocycles. The van der Waals surface area contributed by atoms with Crippen LogP contribution in [0.2, 0.25) is 0 Å². The van der Waals surface area contributed by atoms with Gasteiger partial charge in [-0.25, -0.2) is 4.79 Å². The van der Waals surface area contributed by atoms with E-state index in [0.29, 0.717) is 21.9 Å². The molecule has 0 aliphatic carbocycles. The van der Waals surface area contributed by atoms with Crippen molar-refractivity contribution in [2.24, 2.45) is 0 Å². The first-order valence-electron chi connectivity index (χ1n) is 7.95. The van der Waals surface area contributed by atoms with Gasteiger partial charge >= 0.3 is 5.63 Å². The first-order chi connectivity index (χ1) is 12.5. The first-order valence-corrected chi connectivity index (χ1v) is 8.83. The molecular weight excluding hydrogens is 354 g/mol. The van der Waals surface area contributed by atoms with Crippen LogP contribution in [0.15, 0.2) is 31.5 Å². The zero-order chi connectivity index (χ0) is 18.4. The Balaban J connectivity index is 1.82. The quantitative estimate of drug-likeness (QED) is 0.555. The van der Waals surface area contributed by atoms with Gasteiger partial charge in [0, 0.05) is 16.3 Å². The number of benzene rings is 1. The van der Waals surface area contributed by atoms with Gasteiger partial charge < -0.3 is 14.2 Å². The zero-order valence-corrected chi connectivity index (χ0v) is 15.2. The molecule has 0 saturated heterocycles. The molecule has 3 aromatic heterocycles. The number of carbonyl (C=O) groups is 1. The van der Waals surface area contributed by atoms with Gasteiger partial charge in [-0.3, -0.25) is 4.79 Å². The van der Waals surface area contributed by atoms with Crippen molar-refractivity contribution in [2.75, 3.05) is 5.32 Å². The van der Waals surface area contributed by atoms with E-state index in [1.54, 1.807) is 6.26 Å². The van der Waals surface area contributed by atoms with E-state index in [1.165, 1.54) is 16.8 Å². The number of hydrogen-bond donors (Lipinski definition) is 1. The monoisotopic (exact) mass is 369 g/mol. The summed E-state index contributed by atoms with van der Waals surface area (Å²) in [5.74, 6) is -0.339. The molecule has 0 fully saturated rings. The molecule has 0 atom stereocenters. The summed E-state index contributed by atoms with van der Waals surface area (Å²) >= 11 is 1.21. The van der Waals surface area contributed by atoms with E-state index >= 15 is 0 Å². The molecule has 1 N–H and O–H groups in total. The number of nitrogens with zero attached hydrogens (tertiary/aromatic N) is 2. The van der Waals surface area contributed by atoms with E-state index in [2.05, 4.69) is 15.5 Å². The van der Waals surface area contributed by atoms with Gasteiger partial charge in [-0.05, 0) is 38.0 Å². The van der Waals surface area contributed by atoms with Crippen LogP contribution in [-0.2, 0) is 11.2 Å². The number of rotatable bonds is 3. The number of anilines is 1. The van der Waals surface area contributed by atoms with Gasteiger partial charge in [0.1, 0.15) is 16.7 Å². The number of furan rings is 1. The Morgan fingerprint density at radius 2 is 2.00 bits per heavy atom. The SMILES string of the molecule is Cc1coc2c(C)c3oc(=O)c(CC(=O)Nc4nncs4)c(C)c3cc12. The van der Waals surface area contributed by atoms with Crippen LogP contribution in [-0.4, -0.2) is 16.1 Å². The third-order valence-electron chi connectivity index (χ3n) is 4.48. The molecule has 132 valence electrons. The van der Waals surface area contributed by atoms with Gasteiger partial charge in [0.2, 0.25) is 11.0 Å². The highest BCUT2D eigenvalue weighted by Crippen LogP contribution is 2.32. The fourth-order valence-corrected chi connectivity index (χ4v) is 3.54. The average Bonchev–Trinajstić information content (AvgIpc) is 3.23. The van der Waals surface area contributed by atoms with Gasteiger partial charge in [0.25, 0.3) is 0 Å². The maximum Gasteiger partial charge on any atom is 0.340 e. The normalized spacial score (nSPS) is 11.3. The Morgan fingerprint density at radius 3 is 2.73 bits per heavy atom. The lowest BCUT2D eigenvalue weighted by Crippen LogP contribution is -2.20. The lowest BCUT2D eigenvalue weighted by molar-refractivity contribution is -0.115. The van der Waals surface area contributed by atoms with Crippen LogP contribution in [0.4, 0.5) is 5.13 Å². The summed E-state index contributed by atoms with van der Waals surface area (Å²) in [5.41, 5.74) is 5.04. The van der Waals surface area contributed by atoms with Crippen molar-refractivity contribution in [2.45, 2.75) is 27.2 Å². The minimum atomic E-state index is -0.520. The molecule has 0 aliphatic rings. The van der Waals surface area contributed by atoms with Gasteiger partial charge in [-0.1, -0.05) is 11.3 Å². The summed E-state index contributed by atoms with van der Waals surface area (Å²) < 4.78 is 11.1. The Labute approximate surface area is 151 Å². The molecule has 26 heavy (non-hydrogen) atoms. The summed E-state index contributed by atoms with van der Waals surface area (Å²) in [6.45, 7) is 5.65. The van der Waals surface area contributed by atoms with Gasteiger partial charge in [-0.2, -0.15) is 0 Å². The molecule has 0 bridgehead atoms. The van der Waals surface area contributed by atoms with Crippen LogP contribution in [0, 0.1) is 20.8 Å². The van der Waals surface area contributed by atoms with Crippen LogP contribution >= 0.6 is 11.3 Å². The molecule has 0 aliphatic heterocycles. The van der Waals surface area contributed by atoms with Crippen LogP contribution in [0.25, 0.3) is 21.9 Å². The van der Waals surface area contributed by atoms with E-state index in [1.807, 2.05) is 26.8 Å². The zero-order valence-electron chi connectivity index (χ0n) is 14.4. The summed E-state index contributed by atoms with van der Waals surface area (Å²) in [5, 5.41) is 12.2. The van der Waals surface area contributed by atoms with Crippen molar-refractivity contribution in [1.29, 1.82) is 0 Å². The second kappa shape index (κ2) is 6.06. The molecule has 0 spiro atoms. The summed E-state index contributed by atoms with van der Waals surface area (Å²) in [7, 11) is 0. The van der Waals surface area contributed by atoms with Crippen LogP contribution in [0.5, 0.6) is 0 Å². The topological polar surface area (TPSA) is 98.2 Å². The third-order valence-corrected chi connectivity index (χ3v) is 5.09. The number of fused-ring (bicyclic) bond motifs is 2. The van der Waals surface area contributed by atoms with Crippen molar-refractivity contribution in [3.63, 3.8) is 0 Å². The molecule has 4 rings (SSSR count). The van der Waals surface area contributed by atoms with Gasteiger partial charge in [0.15, 0.2) is 0 Å². The summed E-state index contributed by atoms with van der Waals surface area (Å²) in [6.07, 6.45) is 1.59. The van der Waals surface area contributed by atoms with Crippen molar-refractivity contribution in [3.8, 4) is 0 Å². The minimum absolute atomic E-state index is 0.0921. The van der Waals surface area contributed by atoms with Gasteiger partial charge in [-0.15, -0.1) is 10.2 Å². The van der Waals surface area contributed by atoms with Crippen LogP contribution in [0.3, 0.4) is 0 Å². The molecule has 0 saturated carbocycles. The molecule has 4 aromatic rings. The number of nitrogens with one attached hydrogen (secondary N) is 1. The third kappa shape index (κ3) is 2.59. The van der Waals surface area contributed by atoms with E-state index in [9.17, 15) is 9.59 Å². The molecular formula is C18H15N3O4S. The fraction of sp³-hybridized carbons (Fsp3) is 0.222. The average molecular weight is 369 g/mol. The number of aromatic nitrogens is 2. The van der Waals surface area contributed by atoms with Crippen LogP contribution in [0.1, 0.15) is 22.3 Å². The second-order valence-corrected chi connectivity index (χ2v) is 6.97. The number of aryl methyl sites for hydroxylation is 3. The number of hydrogen-bond acceptors (Lipinski definition) is 7. The highest BCUT2D eigenvalue weighted by atomic mass is 32.1. The lowest BCUT2D eigenvalue weighted by atomic mass is 9.99. The van der Waals surface area contributed by atoms with E-state index < -0.39 is 5.63 Å². The standard InChI is InChI=1S/C18H15N3O4S/c1-8-6-24-15-10(3)16-12(4-11(8)15)9(2)13(17(23)25-16)5-14(22)20-18-21-19-7-26-18/h4,6-7H,5H2,1-3H3,(H,20,21,22). The van der Waals surface area contributed by atoms with E-state index in [-0.39, 0.29) is 12.3 Å². The second-order valence-electron chi connectivity index (χ2n) is 6.14. The van der Waals surface area contributed by atoms with Crippen molar-refractivity contribution in [3.05, 3.63) is 50.5 Å². The smallest absolute Gasteiger partial charge is 0.340 e. The van der Waals surface area contributed by atoms with Crippen molar-refractivity contribution < 1.29 is 13.6 Å². The highest BCUT2D eigenvalue weighted by Gasteiger charge is 2.19. The number of carbonyl (C=O) groups excluding carboxylic acids is 1. The molecule has 1 aromatic carbocycles. The predicted molar refractivity (Wildman–Crippen MR) is 98.7 cm³/mol. The Kier molecular flexibility index (Phi) is 3.84. The summed E-state index contributed by atoms with van der Waals surface area (Å²) in [4.78, 5) is 24.7. The lowest BCUT2D eigenvalue weighted by Gasteiger charge is -2.09. The van der Waals surface area contributed by atoms with E-state index in [0.717, 1.165) is 27.5 Å². The highest BCUT2D eigenvalue weighted by molar-refractivity contribution is 7.13. The van der Waals surface area contributed by atoms with E-state index in [4.69, 9.17) is 8.83 Å². The summed E-state index contributed by atoms with van der Waals surface area (Å²) in [6, 6.07) is 1.95. The predicted octanol–water partition coefficient (Wildman–Crippen LogP) is 3.50. The first kappa shape index (κ1) is 16.5. The minimum Gasteiger partial charge on any atom is -0.464 e. The van der Waals surface area contributed by atoms with Gasteiger partial charge in [0.05, 0.1) is 18.2 Å². The van der Waals surface area contributed by atoms with Crippen molar-refractivity contribution in [1.82, 2.24) is 10.2 Å². The Morgan fingerprint density at radius 1 is 1.19 bits per heavy atom. The number of amides is 1. The fourth-order valence-electron chi connectivity index (χ4n) is 3.07. The molecule has 1 amide bonds. The van der Waals surface area contributed by atoms with Crippen molar-refractivity contribution >= 4 is 44.3 Å². The molecule has 8 heteroatoms. The largest absolute Gasteiger partial charge is 0.464 e. The Hall–Kier alpha value is -3.00.